The smallest absolute Gasteiger partial charge is 0.254 e. The number of hydrogen-bond donors (Lipinski definition) is 0. The van der Waals surface area contributed by atoms with Crippen LogP contribution in [0.25, 0.3) is 11.1 Å². The number of anilines is 1. The Morgan fingerprint density at radius 1 is 0.889 bits per heavy atom. The molecule has 4 heteroatoms. The summed E-state index contributed by atoms with van der Waals surface area (Å²) < 4.78 is 0. The maximum absolute atomic E-state index is 13.2. The van der Waals surface area contributed by atoms with Crippen LogP contribution in [0, 0.1) is 6.92 Å². The largest absolute Gasteiger partial charge is 0.368 e. The van der Waals surface area contributed by atoms with Gasteiger partial charge in [-0.05, 0) is 35.7 Å². The molecule has 0 radical (unpaired) electrons. The van der Waals surface area contributed by atoms with Crippen molar-refractivity contribution in [2.45, 2.75) is 6.92 Å². The third kappa shape index (κ3) is 3.56. The molecule has 1 aliphatic rings. The molecule has 1 fully saturated rings. The minimum atomic E-state index is 0.112. The minimum Gasteiger partial charge on any atom is -0.368 e. The summed E-state index contributed by atoms with van der Waals surface area (Å²) in [6, 6.07) is 20.1. The number of nitrogens with zero attached hydrogens (tertiary/aromatic N) is 3. The molecular formula is C23H23N3O. The molecule has 0 spiro atoms. The molecule has 4 nitrogen and oxygen atoms in total. The van der Waals surface area contributed by atoms with Crippen LogP contribution < -0.4 is 4.90 Å². The van der Waals surface area contributed by atoms with Crippen molar-refractivity contribution in [3.05, 3.63) is 84.2 Å². The lowest BCUT2D eigenvalue weighted by molar-refractivity contribution is 0.0747. The van der Waals surface area contributed by atoms with E-state index in [0.717, 1.165) is 42.9 Å². The topological polar surface area (TPSA) is 36.4 Å². The average molecular weight is 357 g/mol. The van der Waals surface area contributed by atoms with Crippen molar-refractivity contribution in [3.63, 3.8) is 0 Å². The zero-order valence-corrected chi connectivity index (χ0v) is 15.5. The normalized spacial score (nSPS) is 14.3. The van der Waals surface area contributed by atoms with E-state index in [-0.39, 0.29) is 5.91 Å². The highest BCUT2D eigenvalue weighted by Crippen LogP contribution is 2.26. The van der Waals surface area contributed by atoms with Gasteiger partial charge < -0.3 is 9.80 Å². The SMILES string of the molecule is Cc1cnccc1N1CCN(C(=O)c2ccccc2-c2ccccc2)CC1. The van der Waals surface area contributed by atoms with E-state index in [4.69, 9.17) is 0 Å². The molecule has 0 unspecified atom stereocenters. The third-order valence-electron chi connectivity index (χ3n) is 5.14. The Kier molecular flexibility index (Phi) is 4.88. The van der Waals surface area contributed by atoms with Gasteiger partial charge in [-0.3, -0.25) is 9.78 Å². The predicted molar refractivity (Wildman–Crippen MR) is 109 cm³/mol. The minimum absolute atomic E-state index is 0.112. The summed E-state index contributed by atoms with van der Waals surface area (Å²) in [7, 11) is 0. The number of rotatable bonds is 3. The van der Waals surface area contributed by atoms with Crippen molar-refractivity contribution >= 4 is 11.6 Å². The van der Waals surface area contributed by atoms with Crippen LogP contribution in [-0.2, 0) is 0 Å². The van der Waals surface area contributed by atoms with Crippen molar-refractivity contribution in [1.82, 2.24) is 9.88 Å². The first-order chi connectivity index (χ1) is 13.2. The molecule has 2 heterocycles. The fourth-order valence-electron chi connectivity index (χ4n) is 3.68. The van der Waals surface area contributed by atoms with Crippen LogP contribution in [0.15, 0.2) is 73.1 Å². The number of pyridine rings is 1. The number of aryl methyl sites for hydroxylation is 1. The first-order valence-electron chi connectivity index (χ1n) is 9.33. The number of hydrogen-bond acceptors (Lipinski definition) is 3. The van der Waals surface area contributed by atoms with Gasteiger partial charge in [0.1, 0.15) is 0 Å². The third-order valence-corrected chi connectivity index (χ3v) is 5.14. The van der Waals surface area contributed by atoms with Gasteiger partial charge in [0.2, 0.25) is 0 Å². The Labute approximate surface area is 160 Å². The standard InChI is InChI=1S/C23H23N3O/c1-18-17-24-12-11-22(18)25-13-15-26(16-14-25)23(27)21-10-6-5-9-20(21)19-7-3-2-4-8-19/h2-12,17H,13-16H2,1H3. The molecule has 1 amide bonds. The van der Waals surface area contributed by atoms with Gasteiger partial charge in [-0.25, -0.2) is 0 Å². The number of carbonyl (C=O) groups is 1. The zero-order chi connectivity index (χ0) is 18.6. The number of amides is 1. The molecule has 3 aromatic rings. The van der Waals surface area contributed by atoms with Gasteiger partial charge in [0.05, 0.1) is 0 Å². The molecule has 27 heavy (non-hydrogen) atoms. The van der Waals surface area contributed by atoms with E-state index in [1.807, 2.05) is 59.8 Å². The predicted octanol–water partition coefficient (Wildman–Crippen LogP) is 4.02. The van der Waals surface area contributed by atoms with Gasteiger partial charge in [0, 0.05) is 49.8 Å². The van der Waals surface area contributed by atoms with E-state index < -0.39 is 0 Å². The number of aromatic nitrogens is 1. The van der Waals surface area contributed by atoms with E-state index in [1.165, 1.54) is 11.3 Å². The molecule has 0 N–H and O–H groups in total. The lowest BCUT2D eigenvalue weighted by Crippen LogP contribution is -2.49. The van der Waals surface area contributed by atoms with E-state index in [2.05, 4.69) is 35.0 Å². The Hall–Kier alpha value is -3.14. The summed E-state index contributed by atoms with van der Waals surface area (Å²) in [6.45, 7) is 5.21. The van der Waals surface area contributed by atoms with Gasteiger partial charge in [0.15, 0.2) is 0 Å². The summed E-state index contributed by atoms with van der Waals surface area (Å²) >= 11 is 0. The highest BCUT2D eigenvalue weighted by Gasteiger charge is 2.24. The summed E-state index contributed by atoms with van der Waals surface area (Å²) in [4.78, 5) is 21.7. The number of carbonyl (C=O) groups excluding carboxylic acids is 1. The zero-order valence-electron chi connectivity index (χ0n) is 15.5. The van der Waals surface area contributed by atoms with Gasteiger partial charge in [-0.1, -0.05) is 48.5 Å². The van der Waals surface area contributed by atoms with Gasteiger partial charge in [-0.2, -0.15) is 0 Å². The summed E-state index contributed by atoms with van der Waals surface area (Å²) in [5.74, 6) is 0.112. The second kappa shape index (κ2) is 7.62. The Bertz CT molecular complexity index is 931. The van der Waals surface area contributed by atoms with E-state index in [1.54, 1.807) is 0 Å². The highest BCUT2D eigenvalue weighted by atomic mass is 16.2. The van der Waals surface area contributed by atoms with Crippen LogP contribution in [0.2, 0.25) is 0 Å². The fraction of sp³-hybridized carbons (Fsp3) is 0.217. The van der Waals surface area contributed by atoms with Crippen LogP contribution in [0.1, 0.15) is 15.9 Å². The number of piperazine rings is 1. The average Bonchev–Trinajstić information content (AvgIpc) is 2.74. The Balaban J connectivity index is 1.52. The van der Waals surface area contributed by atoms with E-state index >= 15 is 0 Å². The molecule has 1 saturated heterocycles. The molecule has 4 rings (SSSR count). The van der Waals surface area contributed by atoms with Crippen molar-refractivity contribution in [2.75, 3.05) is 31.1 Å². The maximum atomic E-state index is 13.2. The summed E-state index contributed by atoms with van der Waals surface area (Å²) in [6.07, 6.45) is 3.72. The second-order valence-corrected chi connectivity index (χ2v) is 6.85. The monoisotopic (exact) mass is 357 g/mol. The molecule has 1 aromatic heterocycles. The molecule has 0 atom stereocenters. The lowest BCUT2D eigenvalue weighted by atomic mass is 9.98. The first kappa shape index (κ1) is 17.3. The molecule has 0 bridgehead atoms. The number of benzene rings is 2. The maximum Gasteiger partial charge on any atom is 0.254 e. The van der Waals surface area contributed by atoms with Crippen LogP contribution >= 0.6 is 0 Å². The Morgan fingerprint density at radius 3 is 2.33 bits per heavy atom. The quantitative estimate of drug-likeness (QED) is 0.710. The van der Waals surface area contributed by atoms with E-state index in [0.29, 0.717) is 0 Å². The van der Waals surface area contributed by atoms with Crippen molar-refractivity contribution in [2.24, 2.45) is 0 Å². The highest BCUT2D eigenvalue weighted by molar-refractivity contribution is 6.01. The first-order valence-corrected chi connectivity index (χ1v) is 9.33. The summed E-state index contributed by atoms with van der Waals surface area (Å²) in [5, 5.41) is 0. The van der Waals surface area contributed by atoms with Crippen LogP contribution in [0.3, 0.4) is 0 Å². The van der Waals surface area contributed by atoms with Crippen molar-refractivity contribution in [3.8, 4) is 11.1 Å². The van der Waals surface area contributed by atoms with E-state index in [9.17, 15) is 4.79 Å². The molecule has 0 saturated carbocycles. The molecular weight excluding hydrogens is 334 g/mol. The molecule has 136 valence electrons. The Morgan fingerprint density at radius 2 is 1.59 bits per heavy atom. The van der Waals surface area contributed by atoms with Crippen LogP contribution in [-0.4, -0.2) is 42.0 Å². The van der Waals surface area contributed by atoms with Gasteiger partial charge in [0.25, 0.3) is 5.91 Å². The molecule has 2 aromatic carbocycles. The fourth-order valence-corrected chi connectivity index (χ4v) is 3.68. The van der Waals surface area contributed by atoms with Crippen molar-refractivity contribution < 1.29 is 4.79 Å². The van der Waals surface area contributed by atoms with Crippen LogP contribution in [0.4, 0.5) is 5.69 Å². The van der Waals surface area contributed by atoms with Crippen molar-refractivity contribution in [1.29, 1.82) is 0 Å². The van der Waals surface area contributed by atoms with Crippen LogP contribution in [0.5, 0.6) is 0 Å². The molecule has 0 aliphatic carbocycles. The lowest BCUT2D eigenvalue weighted by Gasteiger charge is -2.37. The molecule has 1 aliphatic heterocycles. The second-order valence-electron chi connectivity index (χ2n) is 6.85. The van der Waals surface area contributed by atoms with Gasteiger partial charge >= 0.3 is 0 Å². The van der Waals surface area contributed by atoms with Gasteiger partial charge in [-0.15, -0.1) is 0 Å². The summed E-state index contributed by atoms with van der Waals surface area (Å²) in [5.41, 5.74) is 5.23.